The molecule has 10 nitrogen and oxygen atoms in total. The molecule has 252 valence electrons. The van der Waals surface area contributed by atoms with Gasteiger partial charge in [0.25, 0.3) is 0 Å². The molecular weight excluding hydrogens is 600 g/mol. The lowest BCUT2D eigenvalue weighted by Crippen LogP contribution is -2.56. The highest BCUT2D eigenvalue weighted by atomic mass is 16.5. The Morgan fingerprint density at radius 3 is 1.89 bits per heavy atom. The molecule has 1 saturated carbocycles. The third-order valence-corrected chi connectivity index (χ3v) is 8.13. The molecule has 47 heavy (non-hydrogen) atoms. The van der Waals surface area contributed by atoms with Crippen LogP contribution in [0.2, 0.25) is 0 Å². The molecule has 1 fully saturated rings. The molecule has 3 aromatic carbocycles. The van der Waals surface area contributed by atoms with Crippen LogP contribution in [0.15, 0.2) is 66.7 Å². The average Bonchev–Trinajstić information content (AvgIpc) is 3.03. The van der Waals surface area contributed by atoms with Gasteiger partial charge >= 0.3 is 0 Å². The Hall–Kier alpha value is -4.57. The maximum atomic E-state index is 14.3. The zero-order valence-electron chi connectivity index (χ0n) is 27.8. The molecule has 4 rings (SSSR count). The van der Waals surface area contributed by atoms with Gasteiger partial charge in [-0.15, -0.1) is 0 Å². The number of para-hydroxylation sites is 4. The standard InChI is InChI=1S/C37H46N2O8/c1-6-10-21-47-30-20-19-24(22-31(30)46-9-4)32-33(35(41)38-25-15-11-13-17-28(25)44-7-2)27(40)23-37(5,43)34(32)36(42)39-26-16-12-14-18-29(26)45-8-3/h11-20,22,32-34,43H,6-10,21,23H2,1-5H3,(H,38,41)(H,39,42). The van der Waals surface area contributed by atoms with Crippen molar-refractivity contribution in [2.24, 2.45) is 11.8 Å². The molecule has 10 heteroatoms. The zero-order chi connectivity index (χ0) is 34.0. The van der Waals surface area contributed by atoms with Gasteiger partial charge in [-0.25, -0.2) is 0 Å². The van der Waals surface area contributed by atoms with E-state index in [-0.39, 0.29) is 0 Å². The largest absolute Gasteiger partial charge is 0.492 e. The number of hydrogen-bond donors (Lipinski definition) is 3. The second-order valence-corrected chi connectivity index (χ2v) is 11.7. The van der Waals surface area contributed by atoms with E-state index in [0.29, 0.717) is 66.4 Å². The predicted octanol–water partition coefficient (Wildman–Crippen LogP) is 6.38. The number of carbonyl (C=O) groups excluding carboxylic acids is 3. The first-order chi connectivity index (χ1) is 22.6. The molecule has 0 bridgehead atoms. The Bertz CT molecular complexity index is 1540. The summed E-state index contributed by atoms with van der Waals surface area (Å²) in [7, 11) is 0. The normalized spacial score (nSPS) is 20.6. The number of benzene rings is 3. The maximum absolute atomic E-state index is 14.3. The van der Waals surface area contributed by atoms with Gasteiger partial charge in [0.2, 0.25) is 11.8 Å². The van der Waals surface area contributed by atoms with Gasteiger partial charge in [-0.1, -0.05) is 43.7 Å². The third-order valence-electron chi connectivity index (χ3n) is 8.13. The molecule has 4 atom stereocenters. The number of rotatable bonds is 15. The van der Waals surface area contributed by atoms with Crippen molar-refractivity contribution >= 4 is 29.0 Å². The topological polar surface area (TPSA) is 132 Å². The number of amides is 2. The molecule has 0 radical (unpaired) electrons. The van der Waals surface area contributed by atoms with Gasteiger partial charge in [-0.05, 0) is 76.1 Å². The van der Waals surface area contributed by atoms with Gasteiger partial charge < -0.3 is 34.7 Å². The summed E-state index contributed by atoms with van der Waals surface area (Å²) in [6.07, 6.45) is 1.40. The average molecular weight is 647 g/mol. The van der Waals surface area contributed by atoms with Crippen molar-refractivity contribution in [3.63, 3.8) is 0 Å². The van der Waals surface area contributed by atoms with E-state index in [9.17, 15) is 19.5 Å². The molecule has 0 spiro atoms. The SMILES string of the molecule is CCCCOc1ccc(C2C(C(=O)Nc3ccccc3OCC)C(=O)CC(C)(O)C2C(=O)Nc2ccccc2OCC)cc1OCC. The maximum Gasteiger partial charge on any atom is 0.235 e. The Morgan fingerprint density at radius 2 is 1.32 bits per heavy atom. The third kappa shape index (κ3) is 8.43. The van der Waals surface area contributed by atoms with Gasteiger partial charge in [-0.2, -0.15) is 0 Å². The van der Waals surface area contributed by atoms with E-state index in [1.165, 1.54) is 6.92 Å². The van der Waals surface area contributed by atoms with Crippen LogP contribution in [0, 0.1) is 11.8 Å². The summed E-state index contributed by atoms with van der Waals surface area (Å²) in [4.78, 5) is 42.4. The van der Waals surface area contributed by atoms with Gasteiger partial charge in [-0.3, -0.25) is 14.4 Å². The molecule has 3 aromatic rings. The summed E-state index contributed by atoms with van der Waals surface area (Å²) in [5, 5.41) is 17.6. The second-order valence-electron chi connectivity index (χ2n) is 11.7. The van der Waals surface area contributed by atoms with Crippen molar-refractivity contribution in [3.8, 4) is 23.0 Å². The smallest absolute Gasteiger partial charge is 0.235 e. The summed E-state index contributed by atoms with van der Waals surface area (Å²) in [5.74, 6) is -3.47. The number of Topliss-reactive ketones (excluding diaryl/α,β-unsaturated/α-hetero) is 1. The number of hydrogen-bond acceptors (Lipinski definition) is 8. The highest BCUT2D eigenvalue weighted by Crippen LogP contribution is 2.48. The summed E-state index contributed by atoms with van der Waals surface area (Å²) in [6, 6.07) is 19.1. The number of ketones is 1. The van der Waals surface area contributed by atoms with Crippen LogP contribution in [0.5, 0.6) is 23.0 Å². The van der Waals surface area contributed by atoms with Crippen molar-refractivity contribution < 1.29 is 38.4 Å². The quantitative estimate of drug-likeness (QED) is 0.128. The number of anilines is 2. The Kier molecular flexibility index (Phi) is 12.2. The first-order valence-corrected chi connectivity index (χ1v) is 16.3. The fourth-order valence-electron chi connectivity index (χ4n) is 6.06. The Labute approximate surface area is 276 Å². The monoisotopic (exact) mass is 646 g/mol. The van der Waals surface area contributed by atoms with E-state index in [1.807, 2.05) is 20.8 Å². The van der Waals surface area contributed by atoms with E-state index < -0.39 is 47.4 Å². The Morgan fingerprint density at radius 1 is 0.766 bits per heavy atom. The summed E-state index contributed by atoms with van der Waals surface area (Å²) >= 11 is 0. The number of nitrogens with one attached hydrogen (secondary N) is 2. The molecule has 2 amide bonds. The number of carbonyl (C=O) groups is 3. The van der Waals surface area contributed by atoms with Crippen LogP contribution in [0.25, 0.3) is 0 Å². The van der Waals surface area contributed by atoms with E-state index in [4.69, 9.17) is 18.9 Å². The second kappa shape index (κ2) is 16.3. The lowest BCUT2D eigenvalue weighted by Gasteiger charge is -2.44. The first kappa shape index (κ1) is 35.3. The minimum absolute atomic E-state index is 0.338. The minimum Gasteiger partial charge on any atom is -0.492 e. The van der Waals surface area contributed by atoms with Gasteiger partial charge in [0, 0.05) is 12.3 Å². The van der Waals surface area contributed by atoms with Crippen molar-refractivity contribution in [1.82, 2.24) is 0 Å². The van der Waals surface area contributed by atoms with Crippen LogP contribution in [0.4, 0.5) is 11.4 Å². The van der Waals surface area contributed by atoms with Crippen LogP contribution in [0.1, 0.15) is 65.4 Å². The van der Waals surface area contributed by atoms with E-state index in [0.717, 1.165) is 12.8 Å². The molecule has 1 aliphatic carbocycles. The summed E-state index contributed by atoms with van der Waals surface area (Å²) in [5.41, 5.74) is -0.521. The van der Waals surface area contributed by atoms with Crippen LogP contribution in [-0.4, -0.2) is 54.7 Å². The van der Waals surface area contributed by atoms with Crippen LogP contribution in [-0.2, 0) is 14.4 Å². The fraction of sp³-hybridized carbons (Fsp3) is 0.432. The lowest BCUT2D eigenvalue weighted by atomic mass is 9.61. The van der Waals surface area contributed by atoms with Crippen LogP contribution >= 0.6 is 0 Å². The van der Waals surface area contributed by atoms with Gasteiger partial charge in [0.15, 0.2) is 11.5 Å². The van der Waals surface area contributed by atoms with E-state index >= 15 is 0 Å². The van der Waals surface area contributed by atoms with E-state index in [2.05, 4.69) is 17.6 Å². The Balaban J connectivity index is 1.83. The predicted molar refractivity (Wildman–Crippen MR) is 180 cm³/mol. The number of ether oxygens (including phenoxy) is 4. The molecule has 0 heterocycles. The minimum atomic E-state index is -1.80. The lowest BCUT2D eigenvalue weighted by molar-refractivity contribution is -0.150. The molecule has 0 saturated heterocycles. The van der Waals surface area contributed by atoms with Crippen molar-refractivity contribution in [2.75, 3.05) is 37.1 Å². The van der Waals surface area contributed by atoms with Crippen molar-refractivity contribution in [1.29, 1.82) is 0 Å². The highest BCUT2D eigenvalue weighted by molar-refractivity contribution is 6.11. The van der Waals surface area contributed by atoms with Crippen molar-refractivity contribution in [2.45, 2.75) is 65.4 Å². The molecule has 1 aliphatic rings. The molecule has 4 unspecified atom stereocenters. The molecule has 0 aromatic heterocycles. The fourth-order valence-corrected chi connectivity index (χ4v) is 6.06. The van der Waals surface area contributed by atoms with E-state index in [1.54, 1.807) is 66.7 Å². The zero-order valence-corrected chi connectivity index (χ0v) is 27.8. The van der Waals surface area contributed by atoms with Gasteiger partial charge in [0.1, 0.15) is 23.2 Å². The summed E-state index contributed by atoms with van der Waals surface area (Å²) in [6.45, 7) is 10.6. The van der Waals surface area contributed by atoms with Gasteiger partial charge in [0.05, 0.1) is 49.3 Å². The number of aliphatic hydroxyl groups is 1. The first-order valence-electron chi connectivity index (χ1n) is 16.3. The van der Waals surface area contributed by atoms with Crippen LogP contribution < -0.4 is 29.6 Å². The highest BCUT2D eigenvalue weighted by Gasteiger charge is 2.56. The van der Waals surface area contributed by atoms with Crippen molar-refractivity contribution in [3.05, 3.63) is 72.3 Å². The number of unbranched alkanes of at least 4 members (excludes halogenated alkanes) is 1. The molecule has 0 aliphatic heterocycles. The summed E-state index contributed by atoms with van der Waals surface area (Å²) < 4.78 is 23.3. The molecule has 3 N–H and O–H groups in total. The van der Waals surface area contributed by atoms with Crippen LogP contribution in [0.3, 0.4) is 0 Å². The molecular formula is C37H46N2O8.